The summed E-state index contributed by atoms with van der Waals surface area (Å²) in [4.78, 5) is 11.5. The Kier molecular flexibility index (Phi) is 6.23. The van der Waals surface area contributed by atoms with Crippen LogP contribution in [0.2, 0.25) is 0 Å². The molecular formula is C19H19N3O5S2. The van der Waals surface area contributed by atoms with Crippen molar-refractivity contribution in [2.24, 2.45) is 10.2 Å². The Balaban J connectivity index is 1.83. The maximum Gasteiger partial charge on any atom is 0.339 e. The summed E-state index contributed by atoms with van der Waals surface area (Å²) in [6, 6.07) is 10.9. The normalized spacial score (nSPS) is 18.2. The van der Waals surface area contributed by atoms with Crippen LogP contribution in [0.5, 0.6) is 11.5 Å². The van der Waals surface area contributed by atoms with Crippen LogP contribution in [0.15, 0.2) is 57.6 Å². The number of amides is 1. The Hall–Kier alpha value is -2.85. The summed E-state index contributed by atoms with van der Waals surface area (Å²) in [5.74, 6) is 0.526. The maximum atomic E-state index is 12.6. The van der Waals surface area contributed by atoms with E-state index in [2.05, 4.69) is 15.5 Å². The van der Waals surface area contributed by atoms with Crippen molar-refractivity contribution >= 4 is 39.2 Å². The minimum atomic E-state index is -4.04. The van der Waals surface area contributed by atoms with Crippen LogP contribution in [0.4, 0.5) is 0 Å². The quantitative estimate of drug-likeness (QED) is 0.426. The topological polar surface area (TPSA) is 106 Å². The number of carbonyl (C=O) groups is 1. The van der Waals surface area contributed by atoms with Gasteiger partial charge in [-0.1, -0.05) is 23.4 Å². The number of methoxy groups -OCH3 is 1. The first kappa shape index (κ1) is 20.9. The van der Waals surface area contributed by atoms with Gasteiger partial charge in [-0.3, -0.25) is 4.79 Å². The van der Waals surface area contributed by atoms with E-state index in [0.717, 1.165) is 5.56 Å². The van der Waals surface area contributed by atoms with Crippen molar-refractivity contribution in [2.45, 2.75) is 24.0 Å². The molecule has 1 aliphatic rings. The molecule has 0 aromatic heterocycles. The molecule has 29 heavy (non-hydrogen) atoms. The summed E-state index contributed by atoms with van der Waals surface area (Å²) < 4.78 is 35.6. The predicted molar refractivity (Wildman–Crippen MR) is 112 cm³/mol. The Morgan fingerprint density at radius 2 is 1.90 bits per heavy atom. The highest BCUT2D eigenvalue weighted by Crippen LogP contribution is 2.25. The molecule has 1 heterocycles. The van der Waals surface area contributed by atoms with Gasteiger partial charge in [-0.25, -0.2) is 0 Å². The Labute approximate surface area is 173 Å². The van der Waals surface area contributed by atoms with Gasteiger partial charge in [0.2, 0.25) is 5.91 Å². The molecule has 10 heteroatoms. The van der Waals surface area contributed by atoms with Crippen molar-refractivity contribution in [3.8, 4) is 11.5 Å². The lowest BCUT2D eigenvalue weighted by Gasteiger charge is -2.10. The van der Waals surface area contributed by atoms with Gasteiger partial charge >= 0.3 is 10.1 Å². The molecular weight excluding hydrogens is 414 g/mol. The predicted octanol–water partition coefficient (Wildman–Crippen LogP) is 2.71. The second-order valence-electron chi connectivity index (χ2n) is 6.15. The van der Waals surface area contributed by atoms with E-state index in [0.29, 0.717) is 16.5 Å². The first-order valence-corrected chi connectivity index (χ1v) is 10.8. The number of hydrogen-bond acceptors (Lipinski definition) is 8. The lowest BCUT2D eigenvalue weighted by Crippen LogP contribution is -2.23. The first-order chi connectivity index (χ1) is 13.8. The number of thioether (sulfide) groups is 1. The summed E-state index contributed by atoms with van der Waals surface area (Å²) in [5.41, 5.74) is 1.33. The summed E-state index contributed by atoms with van der Waals surface area (Å²) in [7, 11) is -2.55. The van der Waals surface area contributed by atoms with E-state index in [1.54, 1.807) is 37.3 Å². The average Bonchev–Trinajstić information content (AvgIpc) is 3.01. The number of hydrogen-bond donors (Lipinski definition) is 1. The molecule has 1 amide bonds. The van der Waals surface area contributed by atoms with E-state index in [-0.39, 0.29) is 21.8 Å². The molecule has 1 unspecified atom stereocenters. The summed E-state index contributed by atoms with van der Waals surface area (Å²) in [6.45, 7) is 3.63. The number of aryl methyl sites for hydroxylation is 1. The monoisotopic (exact) mass is 433 g/mol. The van der Waals surface area contributed by atoms with Gasteiger partial charge < -0.3 is 14.2 Å². The number of rotatable bonds is 6. The third-order valence-electron chi connectivity index (χ3n) is 3.95. The van der Waals surface area contributed by atoms with Crippen LogP contribution < -0.4 is 14.2 Å². The van der Waals surface area contributed by atoms with E-state index in [4.69, 9.17) is 8.92 Å². The lowest BCUT2D eigenvalue weighted by molar-refractivity contribution is -0.118. The van der Waals surface area contributed by atoms with Crippen molar-refractivity contribution in [1.82, 2.24) is 5.32 Å². The fraction of sp³-hybridized carbons (Fsp3) is 0.211. The molecule has 0 radical (unpaired) electrons. The largest absolute Gasteiger partial charge is 0.497 e. The molecule has 1 atom stereocenters. The second-order valence-corrected chi connectivity index (χ2v) is 9.03. The number of nitrogens with zero attached hydrogens (tertiary/aromatic N) is 2. The van der Waals surface area contributed by atoms with Crippen LogP contribution in [0.25, 0.3) is 0 Å². The van der Waals surface area contributed by atoms with Crippen LogP contribution in [-0.2, 0) is 14.9 Å². The van der Waals surface area contributed by atoms with Crippen LogP contribution in [-0.4, -0.2) is 38.1 Å². The zero-order chi connectivity index (χ0) is 21.0. The average molecular weight is 434 g/mol. The molecule has 1 fully saturated rings. The number of nitrogens with one attached hydrogen (secondary N) is 1. The molecule has 1 saturated heterocycles. The van der Waals surface area contributed by atoms with Crippen molar-refractivity contribution in [3.63, 3.8) is 0 Å². The number of ether oxygens (including phenoxy) is 1. The fourth-order valence-corrected chi connectivity index (χ4v) is 4.11. The molecule has 0 spiro atoms. The Bertz CT molecular complexity index is 1080. The molecule has 1 aliphatic heterocycles. The molecule has 2 aromatic carbocycles. The van der Waals surface area contributed by atoms with Crippen molar-refractivity contribution in [3.05, 3.63) is 53.6 Å². The molecule has 0 saturated carbocycles. The van der Waals surface area contributed by atoms with Gasteiger partial charge in [-0.15, -0.1) is 5.10 Å². The van der Waals surface area contributed by atoms with E-state index in [1.807, 2.05) is 6.92 Å². The number of benzene rings is 2. The van der Waals surface area contributed by atoms with Crippen LogP contribution in [0.1, 0.15) is 18.1 Å². The van der Waals surface area contributed by atoms with Gasteiger partial charge in [0.15, 0.2) is 10.9 Å². The summed E-state index contributed by atoms with van der Waals surface area (Å²) in [6.07, 6.45) is 1.38. The van der Waals surface area contributed by atoms with Gasteiger partial charge in [0.1, 0.15) is 10.6 Å². The summed E-state index contributed by atoms with van der Waals surface area (Å²) in [5, 5.41) is 10.7. The highest BCUT2D eigenvalue weighted by atomic mass is 32.2. The molecule has 2 aromatic rings. The minimum Gasteiger partial charge on any atom is -0.497 e. The molecule has 0 aliphatic carbocycles. The Morgan fingerprint density at radius 1 is 1.17 bits per heavy atom. The second kappa shape index (κ2) is 8.66. The van der Waals surface area contributed by atoms with E-state index in [9.17, 15) is 13.2 Å². The smallest absolute Gasteiger partial charge is 0.339 e. The van der Waals surface area contributed by atoms with Crippen LogP contribution >= 0.6 is 11.8 Å². The van der Waals surface area contributed by atoms with Crippen molar-refractivity contribution in [1.29, 1.82) is 0 Å². The molecule has 0 bridgehead atoms. The maximum absolute atomic E-state index is 12.6. The number of amidine groups is 1. The highest BCUT2D eigenvalue weighted by Gasteiger charge is 2.25. The third kappa shape index (κ3) is 5.15. The van der Waals surface area contributed by atoms with E-state index in [1.165, 1.54) is 37.2 Å². The molecule has 8 nitrogen and oxygen atoms in total. The van der Waals surface area contributed by atoms with Crippen molar-refractivity contribution < 1.29 is 22.1 Å². The Morgan fingerprint density at radius 3 is 2.52 bits per heavy atom. The standard InChI is InChI=1S/C19H19N3O5S2/c1-12-4-9-17(27-29(24,25)16-7-5-15(26-3)6-8-16)14(10-12)11-20-22-19-21-18(23)13(2)28-19/h4-11,13H,1-3H3,(H,21,22,23)/b20-11+. The van der Waals surface area contributed by atoms with Gasteiger partial charge in [0.25, 0.3) is 0 Å². The van der Waals surface area contributed by atoms with E-state index >= 15 is 0 Å². The van der Waals surface area contributed by atoms with Gasteiger partial charge in [0, 0.05) is 5.56 Å². The minimum absolute atomic E-state index is 0.000984. The van der Waals surface area contributed by atoms with Gasteiger partial charge in [-0.05, 0) is 50.2 Å². The lowest BCUT2D eigenvalue weighted by atomic mass is 10.1. The highest BCUT2D eigenvalue weighted by molar-refractivity contribution is 8.15. The third-order valence-corrected chi connectivity index (χ3v) is 6.17. The van der Waals surface area contributed by atoms with Gasteiger partial charge in [-0.2, -0.15) is 13.5 Å². The SMILES string of the molecule is COc1ccc(S(=O)(=O)Oc2ccc(C)cc2/C=N/N=C2/NC(=O)C(C)S2)cc1. The number of carbonyl (C=O) groups excluding carboxylic acids is 1. The molecule has 152 valence electrons. The zero-order valence-electron chi connectivity index (χ0n) is 15.9. The molecule has 1 N–H and O–H groups in total. The van der Waals surface area contributed by atoms with Crippen LogP contribution in [0.3, 0.4) is 0 Å². The van der Waals surface area contributed by atoms with E-state index < -0.39 is 10.1 Å². The van der Waals surface area contributed by atoms with Crippen molar-refractivity contribution in [2.75, 3.05) is 7.11 Å². The van der Waals surface area contributed by atoms with Crippen LogP contribution in [0, 0.1) is 6.92 Å². The van der Waals surface area contributed by atoms with Gasteiger partial charge in [0.05, 0.1) is 18.6 Å². The fourth-order valence-electron chi connectivity index (χ4n) is 2.40. The zero-order valence-corrected chi connectivity index (χ0v) is 17.6. The first-order valence-electron chi connectivity index (χ1n) is 8.56. The molecule has 3 rings (SSSR count). The summed E-state index contributed by atoms with van der Waals surface area (Å²) >= 11 is 1.26.